The van der Waals surface area contributed by atoms with Crippen LogP contribution in [0.15, 0.2) is 35.3 Å². The van der Waals surface area contributed by atoms with Crippen molar-refractivity contribution in [2.24, 2.45) is 4.99 Å². The minimum Gasteiger partial charge on any atom is -0.357 e. The maximum Gasteiger partial charge on any atom is 0.191 e. The van der Waals surface area contributed by atoms with Crippen LogP contribution in [0.2, 0.25) is 0 Å². The van der Waals surface area contributed by atoms with Crippen molar-refractivity contribution in [3.8, 4) is 0 Å². The molecule has 4 nitrogen and oxygen atoms in total. The van der Waals surface area contributed by atoms with Crippen LogP contribution in [-0.2, 0) is 0 Å². The van der Waals surface area contributed by atoms with E-state index in [1.54, 1.807) is 0 Å². The molecule has 1 unspecified atom stereocenters. The van der Waals surface area contributed by atoms with Gasteiger partial charge in [-0.15, -0.1) is 24.0 Å². The minimum absolute atomic E-state index is 0. The molecule has 1 aromatic rings. The largest absolute Gasteiger partial charge is 0.357 e. The van der Waals surface area contributed by atoms with Crippen molar-refractivity contribution >= 4 is 29.9 Å². The van der Waals surface area contributed by atoms with Gasteiger partial charge in [0.15, 0.2) is 5.96 Å². The minimum atomic E-state index is 0. The van der Waals surface area contributed by atoms with Crippen LogP contribution in [0.3, 0.4) is 0 Å². The molecular weight excluding hydrogens is 411 g/mol. The molecule has 0 fully saturated rings. The lowest BCUT2D eigenvalue weighted by Gasteiger charge is -2.19. The van der Waals surface area contributed by atoms with Gasteiger partial charge in [0.25, 0.3) is 0 Å². The van der Waals surface area contributed by atoms with E-state index in [4.69, 9.17) is 4.99 Å². The first kappa shape index (κ1) is 23.2. The van der Waals surface area contributed by atoms with E-state index in [-0.39, 0.29) is 30.0 Å². The number of rotatable bonds is 10. The summed E-state index contributed by atoms with van der Waals surface area (Å²) in [5, 5.41) is 6.82. The first-order valence-electron chi connectivity index (χ1n) is 9.03. The van der Waals surface area contributed by atoms with Gasteiger partial charge in [-0.1, -0.05) is 44.2 Å². The van der Waals surface area contributed by atoms with Gasteiger partial charge in [-0.2, -0.15) is 0 Å². The summed E-state index contributed by atoms with van der Waals surface area (Å²) in [6.07, 6.45) is 2.34. The van der Waals surface area contributed by atoms with Crippen LogP contribution in [0.5, 0.6) is 0 Å². The van der Waals surface area contributed by atoms with Gasteiger partial charge in [0, 0.05) is 13.1 Å². The number of hydrogen-bond acceptors (Lipinski definition) is 2. The van der Waals surface area contributed by atoms with Crippen LogP contribution in [0.4, 0.5) is 0 Å². The Kier molecular flexibility index (Phi) is 14.0. The van der Waals surface area contributed by atoms with Crippen LogP contribution in [-0.4, -0.2) is 43.6 Å². The highest BCUT2D eigenvalue weighted by atomic mass is 127. The monoisotopic (exact) mass is 446 g/mol. The van der Waals surface area contributed by atoms with Crippen molar-refractivity contribution in [3.05, 3.63) is 35.9 Å². The maximum atomic E-state index is 4.70. The van der Waals surface area contributed by atoms with E-state index in [0.29, 0.717) is 0 Å². The molecule has 0 saturated carbocycles. The molecular formula is C19H35IN4. The number of halogens is 1. The zero-order valence-electron chi connectivity index (χ0n) is 15.7. The molecule has 0 aliphatic carbocycles. The van der Waals surface area contributed by atoms with E-state index in [9.17, 15) is 0 Å². The third kappa shape index (κ3) is 9.47. The normalized spacial score (nSPS) is 12.6. The number of unbranched alkanes of at least 4 members (excludes halogenated alkanes) is 1. The predicted octanol–water partition coefficient (Wildman–Crippen LogP) is 4.04. The highest BCUT2D eigenvalue weighted by Crippen LogP contribution is 2.10. The summed E-state index contributed by atoms with van der Waals surface area (Å²) < 4.78 is 0. The lowest BCUT2D eigenvalue weighted by atomic mass is 10.1. The molecule has 1 rings (SSSR count). The molecule has 0 aliphatic heterocycles. The van der Waals surface area contributed by atoms with Gasteiger partial charge in [-0.25, -0.2) is 0 Å². The van der Waals surface area contributed by atoms with Gasteiger partial charge in [0.2, 0.25) is 0 Å². The van der Waals surface area contributed by atoms with Crippen molar-refractivity contribution in [1.82, 2.24) is 15.5 Å². The molecule has 0 aromatic heterocycles. The summed E-state index contributed by atoms with van der Waals surface area (Å²) in [6, 6.07) is 10.7. The highest BCUT2D eigenvalue weighted by molar-refractivity contribution is 14.0. The molecule has 5 heteroatoms. The smallest absolute Gasteiger partial charge is 0.191 e. The molecule has 0 bridgehead atoms. The standard InChI is InChI=1S/C19H34N4.HI/c1-5-20-19(21-15-11-12-16-23(6-2)7-3)22-17(4)18-13-9-8-10-14-18;/h8-10,13-14,17H,5-7,11-12,15-16H2,1-4H3,(H2,20,21,22);1H. The van der Waals surface area contributed by atoms with E-state index in [1.807, 2.05) is 6.07 Å². The van der Waals surface area contributed by atoms with Gasteiger partial charge < -0.3 is 15.5 Å². The summed E-state index contributed by atoms with van der Waals surface area (Å²) >= 11 is 0. The Morgan fingerprint density at radius 2 is 1.75 bits per heavy atom. The molecule has 24 heavy (non-hydrogen) atoms. The highest BCUT2D eigenvalue weighted by Gasteiger charge is 2.06. The second kappa shape index (κ2) is 14.5. The van der Waals surface area contributed by atoms with Gasteiger partial charge in [0.05, 0.1) is 6.04 Å². The molecule has 0 amide bonds. The van der Waals surface area contributed by atoms with Crippen molar-refractivity contribution in [1.29, 1.82) is 0 Å². The van der Waals surface area contributed by atoms with E-state index in [2.05, 4.69) is 67.5 Å². The Morgan fingerprint density at radius 3 is 2.33 bits per heavy atom. The molecule has 0 heterocycles. The van der Waals surface area contributed by atoms with Crippen LogP contribution >= 0.6 is 24.0 Å². The Hall–Kier alpha value is -0.820. The summed E-state index contributed by atoms with van der Waals surface area (Å²) in [4.78, 5) is 7.17. The Labute approximate surface area is 165 Å². The quantitative estimate of drug-likeness (QED) is 0.247. The number of benzene rings is 1. The Balaban J connectivity index is 0.00000529. The fourth-order valence-corrected chi connectivity index (χ4v) is 2.53. The number of aliphatic imine (C=N–C) groups is 1. The molecule has 0 aliphatic rings. The molecule has 1 aromatic carbocycles. The summed E-state index contributed by atoms with van der Waals surface area (Å²) in [7, 11) is 0. The number of nitrogens with zero attached hydrogens (tertiary/aromatic N) is 2. The topological polar surface area (TPSA) is 39.7 Å². The zero-order chi connectivity index (χ0) is 16.9. The van der Waals surface area contributed by atoms with Gasteiger partial charge in [0.1, 0.15) is 0 Å². The van der Waals surface area contributed by atoms with Gasteiger partial charge in [-0.05, 0) is 51.9 Å². The maximum absolute atomic E-state index is 4.70. The van der Waals surface area contributed by atoms with Crippen molar-refractivity contribution in [2.75, 3.05) is 32.7 Å². The summed E-state index contributed by atoms with van der Waals surface area (Å²) in [5.41, 5.74) is 1.28. The SMILES string of the molecule is CCNC(=NCCCCN(CC)CC)NC(C)c1ccccc1.I. The molecule has 0 radical (unpaired) electrons. The average molecular weight is 446 g/mol. The third-order valence-corrected chi connectivity index (χ3v) is 4.04. The number of nitrogens with one attached hydrogen (secondary N) is 2. The molecule has 2 N–H and O–H groups in total. The number of hydrogen-bond donors (Lipinski definition) is 2. The first-order valence-corrected chi connectivity index (χ1v) is 9.03. The Morgan fingerprint density at radius 1 is 1.08 bits per heavy atom. The fraction of sp³-hybridized carbons (Fsp3) is 0.632. The molecule has 138 valence electrons. The predicted molar refractivity (Wildman–Crippen MR) is 116 cm³/mol. The first-order chi connectivity index (χ1) is 11.2. The van der Waals surface area contributed by atoms with E-state index >= 15 is 0 Å². The fourth-order valence-electron chi connectivity index (χ4n) is 2.53. The van der Waals surface area contributed by atoms with Crippen molar-refractivity contribution in [2.45, 2.75) is 46.6 Å². The van der Waals surface area contributed by atoms with Crippen LogP contribution < -0.4 is 10.6 Å². The molecule has 0 saturated heterocycles. The second-order valence-electron chi connectivity index (χ2n) is 5.77. The van der Waals surface area contributed by atoms with E-state index < -0.39 is 0 Å². The third-order valence-electron chi connectivity index (χ3n) is 4.04. The van der Waals surface area contributed by atoms with E-state index in [1.165, 1.54) is 18.5 Å². The lowest BCUT2D eigenvalue weighted by molar-refractivity contribution is 0.297. The lowest BCUT2D eigenvalue weighted by Crippen LogP contribution is -2.38. The molecule has 1 atom stereocenters. The summed E-state index contributed by atoms with van der Waals surface area (Å²) in [6.45, 7) is 13.9. The van der Waals surface area contributed by atoms with Gasteiger partial charge in [-0.3, -0.25) is 4.99 Å². The van der Waals surface area contributed by atoms with Crippen molar-refractivity contribution < 1.29 is 0 Å². The molecule has 0 spiro atoms. The van der Waals surface area contributed by atoms with Gasteiger partial charge >= 0.3 is 0 Å². The number of guanidine groups is 1. The zero-order valence-corrected chi connectivity index (χ0v) is 18.0. The van der Waals surface area contributed by atoms with Crippen LogP contribution in [0.25, 0.3) is 0 Å². The average Bonchev–Trinajstić information content (AvgIpc) is 2.59. The van der Waals surface area contributed by atoms with Crippen molar-refractivity contribution in [3.63, 3.8) is 0 Å². The van der Waals surface area contributed by atoms with Crippen LogP contribution in [0.1, 0.15) is 52.1 Å². The Bertz CT molecular complexity index is 432. The van der Waals surface area contributed by atoms with E-state index in [0.717, 1.165) is 38.6 Å². The summed E-state index contributed by atoms with van der Waals surface area (Å²) in [5.74, 6) is 0.909. The second-order valence-corrected chi connectivity index (χ2v) is 5.77. The van der Waals surface area contributed by atoms with Crippen LogP contribution in [0, 0.1) is 0 Å².